The van der Waals surface area contributed by atoms with Crippen molar-refractivity contribution >= 4 is 11.8 Å². The van der Waals surface area contributed by atoms with Crippen LogP contribution in [0.4, 0.5) is 13.2 Å². The van der Waals surface area contributed by atoms with E-state index in [0.29, 0.717) is 21.9 Å². The molecule has 1 aromatic heterocycles. The number of pyridine rings is 1. The Labute approximate surface area is 118 Å². The van der Waals surface area contributed by atoms with Crippen LogP contribution in [0.2, 0.25) is 0 Å². The highest BCUT2D eigenvalue weighted by Crippen LogP contribution is 2.37. The fraction of sp³-hybridized carbons (Fsp3) is 0.214. The quantitative estimate of drug-likeness (QED) is 0.842. The number of thioether (sulfide) groups is 1. The predicted octanol–water partition coefficient (Wildman–Crippen LogP) is 4.59. The van der Waals surface area contributed by atoms with Crippen molar-refractivity contribution in [3.63, 3.8) is 0 Å². The van der Waals surface area contributed by atoms with E-state index in [0.717, 1.165) is 12.1 Å². The van der Waals surface area contributed by atoms with E-state index in [4.69, 9.17) is 0 Å². The normalized spacial score (nSPS) is 11.6. The van der Waals surface area contributed by atoms with Crippen molar-refractivity contribution in [2.24, 2.45) is 0 Å². The molecule has 0 saturated carbocycles. The van der Waals surface area contributed by atoms with Crippen LogP contribution in [0, 0.1) is 0 Å². The number of aromatic nitrogens is 1. The van der Waals surface area contributed by atoms with E-state index in [1.165, 1.54) is 30.1 Å². The molecule has 1 aromatic carbocycles. The molecule has 2 nitrogen and oxygen atoms in total. The molecule has 2 aromatic rings. The summed E-state index contributed by atoms with van der Waals surface area (Å²) in [5.41, 5.74) is 0.494. The van der Waals surface area contributed by atoms with Crippen LogP contribution < -0.4 is 0 Å². The Morgan fingerprint density at radius 1 is 1.20 bits per heavy atom. The number of aromatic hydroxyl groups is 1. The van der Waals surface area contributed by atoms with E-state index >= 15 is 0 Å². The van der Waals surface area contributed by atoms with Gasteiger partial charge in [0.2, 0.25) is 0 Å². The van der Waals surface area contributed by atoms with Crippen LogP contribution in [0.15, 0.2) is 41.4 Å². The SMILES string of the molecule is CCSc1cc(C(F)(F)F)ccc1-c1ccc(O)cn1. The molecule has 0 spiro atoms. The third-order valence-electron chi connectivity index (χ3n) is 2.63. The molecule has 0 aliphatic rings. The summed E-state index contributed by atoms with van der Waals surface area (Å²) < 4.78 is 38.2. The fourth-order valence-electron chi connectivity index (χ4n) is 1.73. The fourth-order valence-corrected chi connectivity index (χ4v) is 2.58. The minimum atomic E-state index is -4.36. The van der Waals surface area contributed by atoms with Gasteiger partial charge in [0.1, 0.15) is 5.75 Å². The van der Waals surface area contributed by atoms with Gasteiger partial charge in [0.15, 0.2) is 0 Å². The third-order valence-corrected chi connectivity index (χ3v) is 3.57. The average molecular weight is 299 g/mol. The maximum atomic E-state index is 12.7. The van der Waals surface area contributed by atoms with Gasteiger partial charge in [-0.25, -0.2) is 0 Å². The molecule has 2 rings (SSSR count). The molecule has 0 radical (unpaired) electrons. The Morgan fingerprint density at radius 2 is 1.95 bits per heavy atom. The van der Waals surface area contributed by atoms with Gasteiger partial charge in [0.25, 0.3) is 0 Å². The first-order valence-corrected chi connectivity index (χ1v) is 6.90. The monoisotopic (exact) mass is 299 g/mol. The van der Waals surface area contributed by atoms with Crippen molar-refractivity contribution < 1.29 is 18.3 Å². The molecule has 0 amide bonds. The van der Waals surface area contributed by atoms with Crippen LogP contribution in [-0.4, -0.2) is 15.8 Å². The highest BCUT2D eigenvalue weighted by Gasteiger charge is 2.31. The first-order valence-electron chi connectivity index (χ1n) is 5.91. The van der Waals surface area contributed by atoms with Gasteiger partial charge >= 0.3 is 6.18 Å². The number of alkyl halides is 3. The van der Waals surface area contributed by atoms with Crippen LogP contribution in [-0.2, 0) is 6.18 Å². The Hall–Kier alpha value is -1.69. The van der Waals surface area contributed by atoms with E-state index < -0.39 is 11.7 Å². The minimum Gasteiger partial charge on any atom is -0.506 e. The van der Waals surface area contributed by atoms with E-state index in [1.807, 2.05) is 6.92 Å². The molecule has 0 aliphatic heterocycles. The molecule has 6 heteroatoms. The van der Waals surface area contributed by atoms with Gasteiger partial charge in [-0.15, -0.1) is 11.8 Å². The van der Waals surface area contributed by atoms with E-state index in [1.54, 1.807) is 6.07 Å². The first-order chi connectivity index (χ1) is 9.41. The summed E-state index contributed by atoms with van der Waals surface area (Å²) in [6.45, 7) is 1.87. The van der Waals surface area contributed by atoms with Gasteiger partial charge in [-0.05, 0) is 30.0 Å². The largest absolute Gasteiger partial charge is 0.506 e. The zero-order valence-electron chi connectivity index (χ0n) is 10.6. The van der Waals surface area contributed by atoms with Crippen molar-refractivity contribution in [3.05, 3.63) is 42.1 Å². The summed E-state index contributed by atoms with van der Waals surface area (Å²) in [7, 11) is 0. The van der Waals surface area contributed by atoms with Crippen LogP contribution in [0.25, 0.3) is 11.3 Å². The zero-order valence-corrected chi connectivity index (χ0v) is 11.4. The Morgan fingerprint density at radius 3 is 2.50 bits per heavy atom. The predicted molar refractivity (Wildman–Crippen MR) is 72.7 cm³/mol. The molecule has 20 heavy (non-hydrogen) atoms. The first kappa shape index (κ1) is 14.7. The molecule has 106 valence electrons. The molecule has 1 heterocycles. The molecule has 0 unspecified atom stereocenters. The van der Waals surface area contributed by atoms with Gasteiger partial charge in [-0.1, -0.05) is 13.0 Å². The maximum Gasteiger partial charge on any atom is 0.416 e. The highest BCUT2D eigenvalue weighted by molar-refractivity contribution is 7.99. The van der Waals surface area contributed by atoms with Crippen molar-refractivity contribution in [2.75, 3.05) is 5.75 Å². The molecule has 0 aliphatic carbocycles. The van der Waals surface area contributed by atoms with Crippen molar-refractivity contribution in [1.82, 2.24) is 4.98 Å². The standard InChI is InChI=1S/C14H12F3NOS/c1-2-20-13-7-9(14(15,16)17)3-5-11(13)12-6-4-10(19)8-18-12/h3-8,19H,2H2,1H3. The molecule has 1 N–H and O–H groups in total. The summed E-state index contributed by atoms with van der Waals surface area (Å²) >= 11 is 1.33. The third kappa shape index (κ3) is 3.25. The van der Waals surface area contributed by atoms with Crippen molar-refractivity contribution in [3.8, 4) is 17.0 Å². The van der Waals surface area contributed by atoms with Gasteiger partial charge < -0.3 is 5.11 Å². The number of hydrogen-bond donors (Lipinski definition) is 1. The average Bonchev–Trinajstić information content (AvgIpc) is 2.39. The Bertz CT molecular complexity index is 596. The number of nitrogens with zero attached hydrogens (tertiary/aromatic N) is 1. The van der Waals surface area contributed by atoms with Crippen LogP contribution >= 0.6 is 11.8 Å². The van der Waals surface area contributed by atoms with Crippen molar-refractivity contribution in [2.45, 2.75) is 18.0 Å². The van der Waals surface area contributed by atoms with Crippen LogP contribution in [0.5, 0.6) is 5.75 Å². The highest BCUT2D eigenvalue weighted by atomic mass is 32.2. The molecule has 0 fully saturated rings. The van der Waals surface area contributed by atoms with Gasteiger partial charge in [-0.2, -0.15) is 13.2 Å². The minimum absolute atomic E-state index is 0.0188. The van der Waals surface area contributed by atoms with E-state index in [9.17, 15) is 18.3 Å². The summed E-state index contributed by atoms with van der Waals surface area (Å²) in [6, 6.07) is 6.64. The molecule has 0 saturated heterocycles. The number of halogens is 3. The molecule has 0 atom stereocenters. The van der Waals surface area contributed by atoms with E-state index in [-0.39, 0.29) is 5.75 Å². The number of benzene rings is 1. The Balaban J connectivity index is 2.50. The van der Waals surface area contributed by atoms with E-state index in [2.05, 4.69) is 4.98 Å². The second-order valence-electron chi connectivity index (χ2n) is 4.04. The zero-order chi connectivity index (χ0) is 14.8. The van der Waals surface area contributed by atoms with Gasteiger partial charge in [-0.3, -0.25) is 4.98 Å². The second-order valence-corrected chi connectivity index (χ2v) is 5.35. The lowest BCUT2D eigenvalue weighted by molar-refractivity contribution is -0.137. The summed E-state index contributed by atoms with van der Waals surface area (Å²) in [4.78, 5) is 4.57. The maximum absolute atomic E-state index is 12.7. The van der Waals surface area contributed by atoms with Crippen LogP contribution in [0.1, 0.15) is 12.5 Å². The lowest BCUT2D eigenvalue weighted by atomic mass is 10.1. The van der Waals surface area contributed by atoms with Crippen LogP contribution in [0.3, 0.4) is 0 Å². The Kier molecular flexibility index (Phi) is 4.23. The summed E-state index contributed by atoms with van der Waals surface area (Å²) in [5, 5.41) is 9.21. The van der Waals surface area contributed by atoms with Gasteiger partial charge in [0, 0.05) is 10.5 Å². The van der Waals surface area contributed by atoms with Crippen molar-refractivity contribution in [1.29, 1.82) is 0 Å². The molecular weight excluding hydrogens is 287 g/mol. The molecular formula is C14H12F3NOS. The van der Waals surface area contributed by atoms with Gasteiger partial charge in [0.05, 0.1) is 17.5 Å². The summed E-state index contributed by atoms with van der Waals surface area (Å²) in [6.07, 6.45) is -3.09. The number of rotatable bonds is 3. The number of hydrogen-bond acceptors (Lipinski definition) is 3. The smallest absolute Gasteiger partial charge is 0.416 e. The second kappa shape index (κ2) is 5.75. The lowest BCUT2D eigenvalue weighted by Crippen LogP contribution is -2.05. The topological polar surface area (TPSA) is 33.1 Å². The lowest BCUT2D eigenvalue weighted by Gasteiger charge is -2.12. The summed E-state index contributed by atoms with van der Waals surface area (Å²) in [5.74, 6) is 0.678. The molecule has 0 bridgehead atoms.